The second kappa shape index (κ2) is 5.85. The van der Waals surface area contributed by atoms with Crippen molar-refractivity contribution in [2.24, 2.45) is 0 Å². The van der Waals surface area contributed by atoms with Gasteiger partial charge in [-0.05, 0) is 31.2 Å². The van der Waals surface area contributed by atoms with Crippen LogP contribution in [0.15, 0.2) is 46.4 Å². The number of anilines is 1. The van der Waals surface area contributed by atoms with Crippen LogP contribution in [-0.2, 0) is 4.79 Å². The van der Waals surface area contributed by atoms with Gasteiger partial charge < -0.3 is 9.73 Å². The Labute approximate surface area is 115 Å². The van der Waals surface area contributed by atoms with Gasteiger partial charge in [-0.2, -0.15) is 5.26 Å². The molecular formula is C15H11FN2O2. The Bertz CT molecular complexity index is 711. The second-order valence-electron chi connectivity index (χ2n) is 4.05. The molecule has 20 heavy (non-hydrogen) atoms. The molecule has 0 bridgehead atoms. The van der Waals surface area contributed by atoms with Crippen molar-refractivity contribution in [2.75, 3.05) is 5.32 Å². The smallest absolute Gasteiger partial charge is 0.266 e. The fourth-order valence-electron chi connectivity index (χ4n) is 1.57. The first-order valence-corrected chi connectivity index (χ1v) is 5.84. The zero-order valence-electron chi connectivity index (χ0n) is 10.7. The van der Waals surface area contributed by atoms with Gasteiger partial charge in [0, 0.05) is 6.08 Å². The molecule has 0 fully saturated rings. The number of carbonyl (C=O) groups is 1. The molecular weight excluding hydrogens is 259 g/mol. The summed E-state index contributed by atoms with van der Waals surface area (Å²) in [6, 6.07) is 10.9. The Morgan fingerprint density at radius 3 is 2.70 bits per heavy atom. The van der Waals surface area contributed by atoms with Gasteiger partial charge in [-0.15, -0.1) is 0 Å². The zero-order valence-corrected chi connectivity index (χ0v) is 10.7. The van der Waals surface area contributed by atoms with Gasteiger partial charge in [0.25, 0.3) is 5.91 Å². The van der Waals surface area contributed by atoms with Crippen LogP contribution in [0.5, 0.6) is 0 Å². The molecule has 4 nitrogen and oxygen atoms in total. The van der Waals surface area contributed by atoms with Gasteiger partial charge in [-0.3, -0.25) is 4.79 Å². The van der Waals surface area contributed by atoms with E-state index in [9.17, 15) is 9.18 Å². The molecule has 1 amide bonds. The van der Waals surface area contributed by atoms with Crippen LogP contribution in [0.1, 0.15) is 11.5 Å². The number of nitriles is 1. The van der Waals surface area contributed by atoms with Crippen molar-refractivity contribution in [1.29, 1.82) is 5.26 Å². The number of aryl methyl sites for hydroxylation is 1. The number of amides is 1. The van der Waals surface area contributed by atoms with E-state index in [1.54, 1.807) is 31.2 Å². The summed E-state index contributed by atoms with van der Waals surface area (Å²) in [7, 11) is 0. The first-order valence-electron chi connectivity index (χ1n) is 5.84. The largest absolute Gasteiger partial charge is 0.462 e. The van der Waals surface area contributed by atoms with Gasteiger partial charge in [-0.1, -0.05) is 12.1 Å². The quantitative estimate of drug-likeness (QED) is 0.687. The number of nitrogens with zero attached hydrogens (tertiary/aromatic N) is 1. The highest BCUT2D eigenvalue weighted by Crippen LogP contribution is 2.15. The Hall–Kier alpha value is -2.87. The van der Waals surface area contributed by atoms with Crippen molar-refractivity contribution in [3.63, 3.8) is 0 Å². The number of halogens is 1. The lowest BCUT2D eigenvalue weighted by Crippen LogP contribution is -2.14. The summed E-state index contributed by atoms with van der Waals surface area (Å²) in [5.74, 6) is -0.190. The van der Waals surface area contributed by atoms with Gasteiger partial charge >= 0.3 is 0 Å². The molecule has 1 heterocycles. The Morgan fingerprint density at radius 2 is 2.10 bits per heavy atom. The summed E-state index contributed by atoms with van der Waals surface area (Å²) in [5, 5.41) is 11.3. The highest BCUT2D eigenvalue weighted by Gasteiger charge is 2.12. The van der Waals surface area contributed by atoms with E-state index in [2.05, 4.69) is 5.32 Å². The van der Waals surface area contributed by atoms with Gasteiger partial charge in [0.1, 0.15) is 29.0 Å². The molecule has 0 spiro atoms. The lowest BCUT2D eigenvalue weighted by atomic mass is 10.2. The van der Waals surface area contributed by atoms with E-state index in [4.69, 9.17) is 9.68 Å². The lowest BCUT2D eigenvalue weighted by Gasteiger charge is -2.04. The number of hydrogen-bond donors (Lipinski definition) is 1. The Morgan fingerprint density at radius 1 is 1.35 bits per heavy atom. The minimum absolute atomic E-state index is 0.0225. The first kappa shape index (κ1) is 13.6. The number of para-hydroxylation sites is 1. The molecule has 0 radical (unpaired) electrons. The number of rotatable bonds is 3. The third-order valence-electron chi connectivity index (χ3n) is 2.53. The van der Waals surface area contributed by atoms with Crippen molar-refractivity contribution in [3.8, 4) is 6.07 Å². The van der Waals surface area contributed by atoms with Crippen LogP contribution >= 0.6 is 0 Å². The molecule has 0 saturated carbocycles. The maximum absolute atomic E-state index is 13.4. The van der Waals surface area contributed by atoms with Crippen molar-refractivity contribution in [3.05, 3.63) is 59.3 Å². The van der Waals surface area contributed by atoms with Crippen molar-refractivity contribution in [1.82, 2.24) is 0 Å². The van der Waals surface area contributed by atoms with Crippen LogP contribution in [0.3, 0.4) is 0 Å². The van der Waals surface area contributed by atoms with E-state index >= 15 is 0 Å². The number of carbonyl (C=O) groups excluding carboxylic acids is 1. The summed E-state index contributed by atoms with van der Waals surface area (Å²) in [6.45, 7) is 1.75. The molecule has 0 atom stereocenters. The highest BCUT2D eigenvalue weighted by atomic mass is 19.1. The van der Waals surface area contributed by atoms with Gasteiger partial charge in [-0.25, -0.2) is 4.39 Å². The third-order valence-corrected chi connectivity index (χ3v) is 2.53. The van der Waals surface area contributed by atoms with Gasteiger partial charge in [0.2, 0.25) is 0 Å². The monoisotopic (exact) mass is 270 g/mol. The SMILES string of the molecule is Cc1ccc(C=C(C#N)C(=O)Nc2ccccc2F)o1. The molecule has 0 aliphatic rings. The van der Waals surface area contributed by atoms with Crippen LogP contribution in [0.25, 0.3) is 6.08 Å². The molecule has 0 saturated heterocycles. The lowest BCUT2D eigenvalue weighted by molar-refractivity contribution is -0.112. The molecule has 5 heteroatoms. The fraction of sp³-hybridized carbons (Fsp3) is 0.0667. The van der Waals surface area contributed by atoms with Gasteiger partial charge in [0.05, 0.1) is 5.69 Å². The Kier molecular flexibility index (Phi) is 3.96. The van der Waals surface area contributed by atoms with Gasteiger partial charge in [0.15, 0.2) is 0 Å². The average Bonchev–Trinajstić information content (AvgIpc) is 2.84. The first-order chi connectivity index (χ1) is 9.60. The Balaban J connectivity index is 2.21. The summed E-state index contributed by atoms with van der Waals surface area (Å²) in [5.41, 5.74) is -0.142. The van der Waals surface area contributed by atoms with Crippen molar-refractivity contribution in [2.45, 2.75) is 6.92 Å². The van der Waals surface area contributed by atoms with E-state index in [0.717, 1.165) is 0 Å². The van der Waals surface area contributed by atoms with Crippen LogP contribution in [0.2, 0.25) is 0 Å². The van der Waals surface area contributed by atoms with Crippen LogP contribution in [0.4, 0.5) is 10.1 Å². The maximum atomic E-state index is 13.4. The normalized spacial score (nSPS) is 10.9. The van der Waals surface area contributed by atoms with E-state index in [-0.39, 0.29) is 11.3 Å². The highest BCUT2D eigenvalue weighted by molar-refractivity contribution is 6.09. The molecule has 0 unspecified atom stereocenters. The fourth-order valence-corrected chi connectivity index (χ4v) is 1.57. The number of benzene rings is 1. The summed E-state index contributed by atoms with van der Waals surface area (Å²) in [6.07, 6.45) is 1.31. The molecule has 0 aliphatic heterocycles. The topological polar surface area (TPSA) is 66.0 Å². The average molecular weight is 270 g/mol. The predicted octanol–water partition coefficient (Wildman–Crippen LogP) is 3.27. The van der Waals surface area contributed by atoms with E-state index in [1.807, 2.05) is 0 Å². The molecule has 0 aliphatic carbocycles. The van der Waals surface area contributed by atoms with E-state index < -0.39 is 11.7 Å². The summed E-state index contributed by atoms with van der Waals surface area (Å²) < 4.78 is 18.7. The van der Waals surface area contributed by atoms with Crippen molar-refractivity contribution < 1.29 is 13.6 Å². The predicted molar refractivity (Wildman–Crippen MR) is 72.1 cm³/mol. The molecule has 100 valence electrons. The number of nitrogens with one attached hydrogen (secondary N) is 1. The van der Waals surface area contributed by atoms with Crippen LogP contribution < -0.4 is 5.32 Å². The number of hydrogen-bond acceptors (Lipinski definition) is 3. The third kappa shape index (κ3) is 3.12. The zero-order chi connectivity index (χ0) is 14.5. The van der Waals surface area contributed by atoms with E-state index in [1.165, 1.54) is 24.3 Å². The number of furan rings is 1. The molecule has 2 aromatic rings. The van der Waals surface area contributed by atoms with E-state index in [0.29, 0.717) is 11.5 Å². The second-order valence-corrected chi connectivity index (χ2v) is 4.05. The summed E-state index contributed by atoms with van der Waals surface area (Å²) in [4.78, 5) is 11.9. The minimum Gasteiger partial charge on any atom is -0.462 e. The molecule has 2 rings (SSSR count). The molecule has 1 aromatic carbocycles. The van der Waals surface area contributed by atoms with Crippen LogP contribution in [-0.4, -0.2) is 5.91 Å². The molecule has 1 aromatic heterocycles. The minimum atomic E-state index is -0.688. The maximum Gasteiger partial charge on any atom is 0.266 e. The molecule has 1 N–H and O–H groups in total. The van der Waals surface area contributed by atoms with Crippen molar-refractivity contribution >= 4 is 17.7 Å². The standard InChI is InChI=1S/C15H11FN2O2/c1-10-6-7-12(20-10)8-11(9-17)15(19)18-14-5-3-2-4-13(14)16/h2-8H,1H3,(H,18,19). The van der Waals surface area contributed by atoms with Crippen LogP contribution in [0, 0.1) is 24.1 Å². The summed E-state index contributed by atoms with van der Waals surface area (Å²) >= 11 is 0.